The number of alkyl halides is 3. The summed E-state index contributed by atoms with van der Waals surface area (Å²) >= 11 is 9.13. The second-order valence-corrected chi connectivity index (χ2v) is 5.48. The fourth-order valence-electron chi connectivity index (χ4n) is 1.64. The number of amides is 1. The maximum absolute atomic E-state index is 12.2. The van der Waals surface area contributed by atoms with Crippen molar-refractivity contribution >= 4 is 39.1 Å². The molecule has 2 aromatic carbocycles. The van der Waals surface area contributed by atoms with Crippen LogP contribution in [0.4, 0.5) is 18.9 Å². The topological polar surface area (TPSA) is 38.3 Å². The molecule has 0 atom stereocenters. The van der Waals surface area contributed by atoms with Gasteiger partial charge in [0.25, 0.3) is 5.91 Å². The molecular formula is C14H8BrClF3NO2. The summed E-state index contributed by atoms with van der Waals surface area (Å²) in [5.41, 5.74) is 0.348. The molecule has 0 saturated carbocycles. The molecule has 0 aliphatic rings. The predicted octanol–water partition coefficient (Wildman–Crippen LogP) is 5.25. The third kappa shape index (κ3) is 4.64. The molecule has 0 fully saturated rings. The number of carbonyl (C=O) groups is 1. The largest absolute Gasteiger partial charge is 0.573 e. The second-order valence-electron chi connectivity index (χ2n) is 4.15. The molecule has 0 aliphatic carbocycles. The van der Waals surface area contributed by atoms with E-state index in [9.17, 15) is 18.0 Å². The van der Waals surface area contributed by atoms with Crippen LogP contribution in [0.25, 0.3) is 0 Å². The van der Waals surface area contributed by atoms with Crippen LogP contribution < -0.4 is 10.1 Å². The maximum Gasteiger partial charge on any atom is 0.573 e. The van der Waals surface area contributed by atoms with Crippen molar-refractivity contribution in [1.82, 2.24) is 0 Å². The Labute approximate surface area is 137 Å². The van der Waals surface area contributed by atoms with Gasteiger partial charge in [-0.05, 0) is 30.3 Å². The summed E-state index contributed by atoms with van der Waals surface area (Å²) in [6, 6.07) is 9.67. The Morgan fingerprint density at radius 1 is 1.18 bits per heavy atom. The monoisotopic (exact) mass is 393 g/mol. The number of ether oxygens (including phenoxy) is 1. The Kier molecular flexibility index (Phi) is 4.97. The average molecular weight is 395 g/mol. The van der Waals surface area contributed by atoms with Crippen molar-refractivity contribution in [3.63, 3.8) is 0 Å². The van der Waals surface area contributed by atoms with E-state index in [2.05, 4.69) is 26.0 Å². The molecule has 3 nitrogen and oxygen atoms in total. The molecule has 8 heteroatoms. The second kappa shape index (κ2) is 6.58. The van der Waals surface area contributed by atoms with Gasteiger partial charge in [0.15, 0.2) is 0 Å². The molecule has 0 heterocycles. The predicted molar refractivity (Wildman–Crippen MR) is 80.2 cm³/mol. The summed E-state index contributed by atoms with van der Waals surface area (Å²) < 4.78 is 40.9. The molecule has 1 amide bonds. The first-order valence-corrected chi connectivity index (χ1v) is 7.04. The van der Waals surface area contributed by atoms with E-state index in [0.717, 1.165) is 12.1 Å². The lowest BCUT2D eigenvalue weighted by atomic mass is 10.2. The fraction of sp³-hybridized carbons (Fsp3) is 0.0714. The first-order valence-electron chi connectivity index (χ1n) is 5.87. The van der Waals surface area contributed by atoms with Gasteiger partial charge in [0.2, 0.25) is 0 Å². The number of benzene rings is 2. The zero-order valence-electron chi connectivity index (χ0n) is 10.7. The number of hydrogen-bond acceptors (Lipinski definition) is 2. The van der Waals surface area contributed by atoms with Gasteiger partial charge in [0.1, 0.15) is 5.75 Å². The Balaban J connectivity index is 2.18. The van der Waals surface area contributed by atoms with Crippen molar-refractivity contribution in [2.45, 2.75) is 6.36 Å². The molecule has 0 spiro atoms. The van der Waals surface area contributed by atoms with E-state index < -0.39 is 18.0 Å². The SMILES string of the molecule is O=C(Nc1cccc(OC(F)(F)F)c1)c1cc(Br)ccc1Cl. The van der Waals surface area contributed by atoms with Crippen LogP contribution in [-0.2, 0) is 0 Å². The summed E-state index contributed by atoms with van der Waals surface area (Å²) in [7, 11) is 0. The number of carbonyl (C=O) groups excluding carboxylic acids is 1. The van der Waals surface area contributed by atoms with Crippen LogP contribution in [0.1, 0.15) is 10.4 Å². The van der Waals surface area contributed by atoms with E-state index in [1.165, 1.54) is 24.3 Å². The van der Waals surface area contributed by atoms with E-state index in [1.54, 1.807) is 6.07 Å². The lowest BCUT2D eigenvalue weighted by Gasteiger charge is -2.11. The highest BCUT2D eigenvalue weighted by atomic mass is 79.9. The normalized spacial score (nSPS) is 11.1. The summed E-state index contributed by atoms with van der Waals surface area (Å²) in [4.78, 5) is 12.1. The number of halogens is 5. The Hall–Kier alpha value is -1.73. The van der Waals surface area contributed by atoms with Crippen molar-refractivity contribution in [2.24, 2.45) is 0 Å². The van der Waals surface area contributed by atoms with Gasteiger partial charge >= 0.3 is 6.36 Å². The molecule has 0 saturated heterocycles. The highest BCUT2D eigenvalue weighted by Crippen LogP contribution is 2.26. The average Bonchev–Trinajstić information content (AvgIpc) is 2.40. The molecule has 0 aromatic heterocycles. The van der Waals surface area contributed by atoms with E-state index in [-0.39, 0.29) is 16.3 Å². The quantitative estimate of drug-likeness (QED) is 0.772. The van der Waals surface area contributed by atoms with E-state index in [1.807, 2.05) is 0 Å². The van der Waals surface area contributed by atoms with Crippen LogP contribution in [0.5, 0.6) is 5.75 Å². The molecule has 0 radical (unpaired) electrons. The van der Waals surface area contributed by atoms with E-state index in [4.69, 9.17) is 11.6 Å². The third-order valence-corrected chi connectivity index (χ3v) is 3.32. The molecule has 2 rings (SSSR count). The molecule has 116 valence electrons. The van der Waals surface area contributed by atoms with Crippen LogP contribution in [-0.4, -0.2) is 12.3 Å². The Morgan fingerprint density at radius 3 is 2.59 bits per heavy atom. The van der Waals surface area contributed by atoms with Gasteiger partial charge in [0, 0.05) is 16.2 Å². The lowest BCUT2D eigenvalue weighted by Crippen LogP contribution is -2.17. The maximum atomic E-state index is 12.2. The smallest absolute Gasteiger partial charge is 0.406 e. The fourth-order valence-corrected chi connectivity index (χ4v) is 2.21. The van der Waals surface area contributed by atoms with Gasteiger partial charge in [-0.1, -0.05) is 33.6 Å². The van der Waals surface area contributed by atoms with Crippen molar-refractivity contribution in [1.29, 1.82) is 0 Å². The highest BCUT2D eigenvalue weighted by Gasteiger charge is 2.31. The number of anilines is 1. The zero-order chi connectivity index (χ0) is 16.3. The van der Waals surface area contributed by atoms with Gasteiger partial charge in [0.05, 0.1) is 10.6 Å². The van der Waals surface area contributed by atoms with E-state index >= 15 is 0 Å². The Bertz CT molecular complexity index is 707. The molecule has 0 aliphatic heterocycles. The minimum atomic E-state index is -4.80. The van der Waals surface area contributed by atoms with Crippen LogP contribution in [0.3, 0.4) is 0 Å². The first kappa shape index (κ1) is 16.6. The van der Waals surface area contributed by atoms with E-state index in [0.29, 0.717) is 4.47 Å². The van der Waals surface area contributed by atoms with Crippen molar-refractivity contribution in [3.05, 3.63) is 57.5 Å². The third-order valence-electron chi connectivity index (χ3n) is 2.50. The zero-order valence-corrected chi connectivity index (χ0v) is 13.1. The number of nitrogens with one attached hydrogen (secondary N) is 1. The van der Waals surface area contributed by atoms with Crippen LogP contribution in [0.2, 0.25) is 5.02 Å². The molecule has 0 unspecified atom stereocenters. The summed E-state index contributed by atoms with van der Waals surface area (Å²) in [5, 5.41) is 2.69. The molecule has 0 bridgehead atoms. The molecular weight excluding hydrogens is 387 g/mol. The van der Waals surface area contributed by atoms with Crippen molar-refractivity contribution in [3.8, 4) is 5.75 Å². The van der Waals surface area contributed by atoms with Gasteiger partial charge in [-0.15, -0.1) is 13.2 Å². The van der Waals surface area contributed by atoms with Gasteiger partial charge in [-0.2, -0.15) is 0 Å². The standard InChI is InChI=1S/C14H8BrClF3NO2/c15-8-4-5-12(16)11(6-8)13(21)20-9-2-1-3-10(7-9)22-14(17,18)19/h1-7H,(H,20,21). The minimum absolute atomic E-state index is 0.155. The summed E-state index contributed by atoms with van der Waals surface area (Å²) in [5.74, 6) is -0.971. The molecule has 22 heavy (non-hydrogen) atoms. The van der Waals surface area contributed by atoms with Gasteiger partial charge in [-0.3, -0.25) is 4.79 Å². The van der Waals surface area contributed by atoms with Crippen molar-refractivity contribution < 1.29 is 22.7 Å². The first-order chi connectivity index (χ1) is 10.2. The molecule has 2 aromatic rings. The minimum Gasteiger partial charge on any atom is -0.406 e. The van der Waals surface area contributed by atoms with Crippen LogP contribution >= 0.6 is 27.5 Å². The summed E-state index contributed by atoms with van der Waals surface area (Å²) in [6.45, 7) is 0. The molecule has 1 N–H and O–H groups in total. The van der Waals surface area contributed by atoms with Crippen LogP contribution in [0.15, 0.2) is 46.9 Å². The summed E-state index contributed by atoms with van der Waals surface area (Å²) in [6.07, 6.45) is -4.80. The number of rotatable bonds is 3. The van der Waals surface area contributed by atoms with Crippen molar-refractivity contribution in [2.75, 3.05) is 5.32 Å². The van der Waals surface area contributed by atoms with Gasteiger partial charge < -0.3 is 10.1 Å². The Morgan fingerprint density at radius 2 is 1.91 bits per heavy atom. The highest BCUT2D eigenvalue weighted by molar-refractivity contribution is 9.10. The van der Waals surface area contributed by atoms with Crippen LogP contribution in [0, 0.1) is 0 Å². The lowest BCUT2D eigenvalue weighted by molar-refractivity contribution is -0.274. The number of hydrogen-bond donors (Lipinski definition) is 1. The van der Waals surface area contributed by atoms with Gasteiger partial charge in [-0.25, -0.2) is 0 Å².